The molecule has 0 spiro atoms. The van der Waals surface area contributed by atoms with Gasteiger partial charge in [0.25, 0.3) is 0 Å². The fourth-order valence-corrected chi connectivity index (χ4v) is 2.60. The van der Waals surface area contributed by atoms with Crippen LogP contribution in [0.2, 0.25) is 0 Å². The van der Waals surface area contributed by atoms with E-state index < -0.39 is 0 Å². The van der Waals surface area contributed by atoms with Gasteiger partial charge in [-0.1, -0.05) is 31.6 Å². The normalized spacial score (nSPS) is 10.4. The Hall–Kier alpha value is -0.650. The van der Waals surface area contributed by atoms with E-state index in [0.29, 0.717) is 4.99 Å². The highest BCUT2D eigenvalue weighted by Gasteiger charge is 2.08. The second-order valence-corrected chi connectivity index (χ2v) is 5.57. The molecule has 0 fully saturated rings. The van der Waals surface area contributed by atoms with Crippen molar-refractivity contribution < 1.29 is 4.74 Å². The quantitative estimate of drug-likeness (QED) is 0.529. The lowest BCUT2D eigenvalue weighted by atomic mass is 10.1. The van der Waals surface area contributed by atoms with Gasteiger partial charge in [-0.3, -0.25) is 0 Å². The fraction of sp³-hybridized carbons (Fsp3) is 0.500. The van der Waals surface area contributed by atoms with Crippen LogP contribution in [0.1, 0.15) is 31.7 Å². The number of hydrogen-bond acceptors (Lipinski definition) is 3. The van der Waals surface area contributed by atoms with Crippen molar-refractivity contribution in [3.63, 3.8) is 0 Å². The number of halogens is 1. The standard InChI is InChI=1S/C14H21BrN2OS/c1-2-3-9-18-10-5-8-17-12-7-4-6-11(15)13(12)14(16)19/h4,6-7,17H,2-3,5,8-10H2,1H3,(H2,16,19). The SMILES string of the molecule is CCCCOCCCNc1cccc(Br)c1C(N)=S. The molecule has 0 saturated carbocycles. The molecule has 0 radical (unpaired) electrons. The molecule has 3 nitrogen and oxygen atoms in total. The summed E-state index contributed by atoms with van der Waals surface area (Å²) < 4.78 is 6.43. The summed E-state index contributed by atoms with van der Waals surface area (Å²) >= 11 is 8.54. The number of anilines is 1. The lowest BCUT2D eigenvalue weighted by Gasteiger charge is -2.12. The molecular weight excluding hydrogens is 324 g/mol. The van der Waals surface area contributed by atoms with E-state index >= 15 is 0 Å². The molecule has 19 heavy (non-hydrogen) atoms. The van der Waals surface area contributed by atoms with E-state index in [4.69, 9.17) is 22.7 Å². The lowest BCUT2D eigenvalue weighted by molar-refractivity contribution is 0.131. The van der Waals surface area contributed by atoms with Gasteiger partial charge in [0.2, 0.25) is 0 Å². The Kier molecular flexibility index (Phi) is 8.02. The summed E-state index contributed by atoms with van der Waals surface area (Å²) in [4.78, 5) is 0.397. The zero-order valence-electron chi connectivity index (χ0n) is 11.2. The number of unbranched alkanes of at least 4 members (excludes halogenated alkanes) is 1. The number of nitrogens with two attached hydrogens (primary N) is 1. The van der Waals surface area contributed by atoms with Crippen molar-refractivity contribution in [1.29, 1.82) is 0 Å². The van der Waals surface area contributed by atoms with Gasteiger partial charge in [0, 0.05) is 35.5 Å². The highest BCUT2D eigenvalue weighted by Crippen LogP contribution is 2.24. The molecular formula is C14H21BrN2OS. The Balaban J connectivity index is 2.37. The molecule has 0 unspecified atom stereocenters. The number of rotatable bonds is 9. The molecule has 1 rings (SSSR count). The molecule has 3 N–H and O–H groups in total. The maximum absolute atomic E-state index is 5.74. The molecule has 0 aliphatic carbocycles. The second-order valence-electron chi connectivity index (χ2n) is 4.27. The van der Waals surface area contributed by atoms with Crippen LogP contribution in [-0.4, -0.2) is 24.7 Å². The summed E-state index contributed by atoms with van der Waals surface area (Å²) in [5, 5.41) is 3.35. The minimum Gasteiger partial charge on any atom is -0.389 e. The van der Waals surface area contributed by atoms with Crippen LogP contribution in [0.5, 0.6) is 0 Å². The van der Waals surface area contributed by atoms with Crippen molar-refractivity contribution in [2.75, 3.05) is 25.1 Å². The Labute approximate surface area is 129 Å². The Bertz CT molecular complexity index is 412. The molecule has 0 saturated heterocycles. The molecule has 5 heteroatoms. The van der Waals surface area contributed by atoms with Crippen molar-refractivity contribution in [2.24, 2.45) is 5.73 Å². The topological polar surface area (TPSA) is 47.3 Å². The van der Waals surface area contributed by atoms with Crippen molar-refractivity contribution in [3.8, 4) is 0 Å². The van der Waals surface area contributed by atoms with E-state index in [2.05, 4.69) is 28.2 Å². The third-order valence-corrected chi connectivity index (χ3v) is 3.55. The Morgan fingerprint density at radius 3 is 2.79 bits per heavy atom. The third-order valence-electron chi connectivity index (χ3n) is 2.68. The van der Waals surface area contributed by atoms with Crippen molar-refractivity contribution in [2.45, 2.75) is 26.2 Å². The highest BCUT2D eigenvalue weighted by molar-refractivity contribution is 9.10. The summed E-state index contributed by atoms with van der Waals surface area (Å²) in [6.07, 6.45) is 3.27. The molecule has 106 valence electrons. The average Bonchev–Trinajstić information content (AvgIpc) is 2.37. The maximum Gasteiger partial charge on any atom is 0.107 e. The first-order valence-corrected chi connectivity index (χ1v) is 7.77. The first-order chi connectivity index (χ1) is 9.16. The molecule has 0 bridgehead atoms. The largest absolute Gasteiger partial charge is 0.389 e. The van der Waals surface area contributed by atoms with E-state index in [-0.39, 0.29) is 0 Å². The smallest absolute Gasteiger partial charge is 0.107 e. The van der Waals surface area contributed by atoms with Crippen LogP contribution in [0, 0.1) is 0 Å². The first kappa shape index (κ1) is 16.4. The minimum absolute atomic E-state index is 0.397. The minimum atomic E-state index is 0.397. The van der Waals surface area contributed by atoms with Crippen molar-refractivity contribution in [1.82, 2.24) is 0 Å². The number of hydrogen-bond donors (Lipinski definition) is 2. The fourth-order valence-electron chi connectivity index (χ4n) is 1.67. The molecule has 0 heterocycles. The van der Waals surface area contributed by atoms with Gasteiger partial charge in [0.15, 0.2) is 0 Å². The summed E-state index contributed by atoms with van der Waals surface area (Å²) in [6, 6.07) is 5.89. The van der Waals surface area contributed by atoms with Gasteiger partial charge in [0.1, 0.15) is 4.99 Å². The molecule has 1 aromatic carbocycles. The monoisotopic (exact) mass is 344 g/mol. The van der Waals surface area contributed by atoms with Gasteiger partial charge in [0.05, 0.1) is 0 Å². The zero-order valence-corrected chi connectivity index (χ0v) is 13.6. The van der Waals surface area contributed by atoms with Gasteiger partial charge < -0.3 is 15.8 Å². The lowest BCUT2D eigenvalue weighted by Crippen LogP contribution is -2.15. The van der Waals surface area contributed by atoms with Gasteiger partial charge in [-0.05, 0) is 40.9 Å². The molecule has 0 aliphatic heterocycles. The summed E-state index contributed by atoms with van der Waals surface area (Å²) in [7, 11) is 0. The van der Waals surface area contributed by atoms with Gasteiger partial charge in [-0.25, -0.2) is 0 Å². The molecule has 0 atom stereocenters. The van der Waals surface area contributed by atoms with Crippen molar-refractivity contribution in [3.05, 3.63) is 28.2 Å². The molecule has 0 amide bonds. The van der Waals surface area contributed by atoms with Crippen LogP contribution < -0.4 is 11.1 Å². The predicted molar refractivity (Wildman–Crippen MR) is 88.9 cm³/mol. The van der Waals surface area contributed by atoms with Gasteiger partial charge >= 0.3 is 0 Å². The number of thiocarbonyl (C=S) groups is 1. The van der Waals surface area contributed by atoms with E-state index in [0.717, 1.165) is 48.3 Å². The second kappa shape index (κ2) is 9.28. The number of nitrogens with one attached hydrogen (secondary N) is 1. The Morgan fingerprint density at radius 1 is 1.37 bits per heavy atom. The third kappa shape index (κ3) is 5.89. The van der Waals surface area contributed by atoms with Gasteiger partial charge in [-0.15, -0.1) is 0 Å². The predicted octanol–water partition coefficient (Wildman–Crippen LogP) is 3.70. The highest BCUT2D eigenvalue weighted by atomic mass is 79.9. The number of ether oxygens (including phenoxy) is 1. The van der Waals surface area contributed by atoms with Crippen LogP contribution in [0.25, 0.3) is 0 Å². The van der Waals surface area contributed by atoms with Crippen LogP contribution >= 0.6 is 28.1 Å². The van der Waals surface area contributed by atoms with Crippen molar-refractivity contribution >= 4 is 38.8 Å². The average molecular weight is 345 g/mol. The van der Waals surface area contributed by atoms with Crippen LogP contribution in [-0.2, 0) is 4.74 Å². The van der Waals surface area contributed by atoms with E-state index in [1.807, 2.05) is 18.2 Å². The van der Waals surface area contributed by atoms with Crippen LogP contribution in [0.4, 0.5) is 5.69 Å². The zero-order chi connectivity index (χ0) is 14.1. The van der Waals surface area contributed by atoms with E-state index in [1.54, 1.807) is 0 Å². The molecule has 1 aromatic rings. The van der Waals surface area contributed by atoms with Crippen LogP contribution in [0.3, 0.4) is 0 Å². The van der Waals surface area contributed by atoms with Crippen LogP contribution in [0.15, 0.2) is 22.7 Å². The summed E-state index contributed by atoms with van der Waals surface area (Å²) in [5.41, 5.74) is 7.57. The maximum atomic E-state index is 5.74. The number of benzene rings is 1. The Morgan fingerprint density at radius 2 is 2.11 bits per heavy atom. The molecule has 0 aromatic heterocycles. The van der Waals surface area contributed by atoms with E-state index in [1.165, 1.54) is 6.42 Å². The van der Waals surface area contributed by atoms with E-state index in [9.17, 15) is 0 Å². The van der Waals surface area contributed by atoms with Gasteiger partial charge in [-0.2, -0.15) is 0 Å². The summed E-state index contributed by atoms with van der Waals surface area (Å²) in [6.45, 7) is 4.64. The molecule has 0 aliphatic rings. The first-order valence-electron chi connectivity index (χ1n) is 6.56. The summed E-state index contributed by atoms with van der Waals surface area (Å²) in [5.74, 6) is 0.